The van der Waals surface area contributed by atoms with Gasteiger partial charge in [-0.3, -0.25) is 0 Å². The quantitative estimate of drug-likeness (QED) is 0.798. The van der Waals surface area contributed by atoms with E-state index in [1.165, 1.54) is 4.88 Å². The Morgan fingerprint density at radius 3 is 2.95 bits per heavy atom. The Morgan fingerprint density at radius 1 is 1.40 bits per heavy atom. The van der Waals surface area contributed by atoms with Gasteiger partial charge in [-0.05, 0) is 25.1 Å². The summed E-state index contributed by atoms with van der Waals surface area (Å²) in [6.45, 7) is 2.76. The second kappa shape index (κ2) is 5.13. The summed E-state index contributed by atoms with van der Waals surface area (Å²) in [5.74, 6) is 2.47. The number of fused-ring (bicyclic) bond motifs is 1. The number of furan rings is 1. The summed E-state index contributed by atoms with van der Waals surface area (Å²) < 4.78 is 5.40. The topological polar surface area (TPSA) is 54.2 Å². The molecular formula is C14H16N4OS. The Labute approximate surface area is 121 Å². The van der Waals surface area contributed by atoms with Crippen LogP contribution in [0.3, 0.4) is 0 Å². The Kier molecular flexibility index (Phi) is 3.31. The van der Waals surface area contributed by atoms with Crippen LogP contribution in [0.5, 0.6) is 0 Å². The van der Waals surface area contributed by atoms with E-state index in [-0.39, 0.29) is 0 Å². The van der Waals surface area contributed by atoms with Crippen molar-refractivity contribution in [1.82, 2.24) is 9.97 Å². The van der Waals surface area contributed by atoms with Crippen molar-refractivity contribution in [2.75, 3.05) is 24.3 Å². The van der Waals surface area contributed by atoms with Crippen molar-refractivity contribution in [2.24, 2.45) is 0 Å². The van der Waals surface area contributed by atoms with Crippen molar-refractivity contribution in [3.8, 4) is 0 Å². The van der Waals surface area contributed by atoms with Gasteiger partial charge in [-0.15, -0.1) is 11.3 Å². The van der Waals surface area contributed by atoms with Gasteiger partial charge in [-0.25, -0.2) is 4.98 Å². The molecule has 0 spiro atoms. The van der Waals surface area contributed by atoms with Crippen LogP contribution in [-0.2, 0) is 6.54 Å². The summed E-state index contributed by atoms with van der Waals surface area (Å²) >= 11 is 1.68. The standard InChI is InChI=1S/C14H16N4OS/c1-9-7-11-12(16-14(15-2)17-13(11)20-9)18(3)8-10-5-4-6-19-10/h4-7H,8H2,1-3H3,(H,15,16,17). The van der Waals surface area contributed by atoms with Gasteiger partial charge in [0.25, 0.3) is 0 Å². The highest BCUT2D eigenvalue weighted by atomic mass is 32.1. The molecule has 0 aliphatic heterocycles. The van der Waals surface area contributed by atoms with Gasteiger partial charge in [0.2, 0.25) is 5.95 Å². The Balaban J connectivity index is 2.04. The molecule has 3 aromatic heterocycles. The molecule has 104 valence electrons. The van der Waals surface area contributed by atoms with Gasteiger partial charge in [0, 0.05) is 19.0 Å². The van der Waals surface area contributed by atoms with E-state index in [1.54, 1.807) is 17.6 Å². The van der Waals surface area contributed by atoms with Crippen LogP contribution in [0.25, 0.3) is 10.2 Å². The number of aryl methyl sites for hydroxylation is 1. The fraction of sp³-hybridized carbons (Fsp3) is 0.286. The first-order valence-electron chi connectivity index (χ1n) is 6.37. The molecule has 0 aliphatic rings. The molecule has 0 unspecified atom stereocenters. The molecule has 1 N–H and O–H groups in total. The highest BCUT2D eigenvalue weighted by Gasteiger charge is 2.14. The number of aromatic nitrogens is 2. The van der Waals surface area contributed by atoms with E-state index in [9.17, 15) is 0 Å². The minimum atomic E-state index is 0.639. The van der Waals surface area contributed by atoms with Crippen LogP contribution in [-0.4, -0.2) is 24.1 Å². The van der Waals surface area contributed by atoms with Crippen molar-refractivity contribution < 1.29 is 4.42 Å². The smallest absolute Gasteiger partial charge is 0.225 e. The van der Waals surface area contributed by atoms with Crippen molar-refractivity contribution in [3.63, 3.8) is 0 Å². The fourth-order valence-electron chi connectivity index (χ4n) is 2.14. The van der Waals surface area contributed by atoms with Crippen LogP contribution in [0.1, 0.15) is 10.6 Å². The molecule has 0 atom stereocenters. The minimum absolute atomic E-state index is 0.639. The zero-order chi connectivity index (χ0) is 14.1. The first-order chi connectivity index (χ1) is 9.67. The van der Waals surface area contributed by atoms with Crippen molar-refractivity contribution >= 4 is 33.3 Å². The SMILES string of the molecule is CNc1nc(N(C)Cc2ccco2)c2cc(C)sc2n1. The predicted octanol–water partition coefficient (Wildman–Crippen LogP) is 3.27. The average molecular weight is 288 g/mol. The molecule has 5 nitrogen and oxygen atoms in total. The summed E-state index contributed by atoms with van der Waals surface area (Å²) in [5.41, 5.74) is 0. The summed E-state index contributed by atoms with van der Waals surface area (Å²) in [5, 5.41) is 4.10. The van der Waals surface area contributed by atoms with Crippen LogP contribution in [0.2, 0.25) is 0 Å². The molecule has 0 radical (unpaired) electrons. The minimum Gasteiger partial charge on any atom is -0.467 e. The zero-order valence-electron chi connectivity index (χ0n) is 11.7. The fourth-order valence-corrected chi connectivity index (χ4v) is 3.01. The first-order valence-corrected chi connectivity index (χ1v) is 7.18. The number of anilines is 2. The Bertz CT molecular complexity index is 720. The van der Waals surface area contributed by atoms with E-state index in [4.69, 9.17) is 4.42 Å². The van der Waals surface area contributed by atoms with E-state index < -0.39 is 0 Å². The van der Waals surface area contributed by atoms with Gasteiger partial charge in [-0.2, -0.15) is 4.98 Å². The molecule has 0 saturated carbocycles. The van der Waals surface area contributed by atoms with E-state index in [0.717, 1.165) is 21.8 Å². The molecule has 0 fully saturated rings. The summed E-state index contributed by atoms with van der Waals surface area (Å²) in [7, 11) is 3.84. The highest BCUT2D eigenvalue weighted by molar-refractivity contribution is 7.18. The van der Waals surface area contributed by atoms with Gasteiger partial charge < -0.3 is 14.6 Å². The van der Waals surface area contributed by atoms with Crippen LogP contribution in [0.15, 0.2) is 28.9 Å². The number of thiophene rings is 1. The molecule has 0 amide bonds. The Morgan fingerprint density at radius 2 is 2.25 bits per heavy atom. The third-order valence-electron chi connectivity index (χ3n) is 3.05. The van der Waals surface area contributed by atoms with E-state index >= 15 is 0 Å². The maximum absolute atomic E-state index is 5.40. The summed E-state index contributed by atoms with van der Waals surface area (Å²) in [4.78, 5) is 13.4. The van der Waals surface area contributed by atoms with Crippen LogP contribution in [0.4, 0.5) is 11.8 Å². The van der Waals surface area contributed by atoms with E-state index in [2.05, 4.69) is 33.2 Å². The number of rotatable bonds is 4. The van der Waals surface area contributed by atoms with Gasteiger partial charge >= 0.3 is 0 Å². The second-order valence-electron chi connectivity index (χ2n) is 4.63. The number of hydrogen-bond acceptors (Lipinski definition) is 6. The molecule has 3 aromatic rings. The second-order valence-corrected chi connectivity index (χ2v) is 5.87. The Hall–Kier alpha value is -2.08. The molecule has 6 heteroatoms. The third kappa shape index (κ3) is 2.34. The van der Waals surface area contributed by atoms with Crippen LogP contribution >= 0.6 is 11.3 Å². The normalized spacial score (nSPS) is 10.9. The van der Waals surface area contributed by atoms with Crippen molar-refractivity contribution in [3.05, 3.63) is 35.1 Å². The first kappa shape index (κ1) is 12.9. The predicted molar refractivity (Wildman–Crippen MR) is 82.5 cm³/mol. The van der Waals surface area contributed by atoms with Crippen molar-refractivity contribution in [1.29, 1.82) is 0 Å². The maximum atomic E-state index is 5.40. The summed E-state index contributed by atoms with van der Waals surface area (Å²) in [6.07, 6.45) is 1.69. The molecule has 0 saturated heterocycles. The van der Waals surface area contributed by atoms with Crippen LogP contribution < -0.4 is 10.2 Å². The number of nitrogens with zero attached hydrogens (tertiary/aromatic N) is 3. The summed E-state index contributed by atoms with van der Waals surface area (Å²) in [6, 6.07) is 5.99. The molecule has 3 heterocycles. The largest absolute Gasteiger partial charge is 0.467 e. The van der Waals surface area contributed by atoms with E-state index in [1.807, 2.05) is 26.2 Å². The molecular weight excluding hydrogens is 272 g/mol. The molecule has 0 bridgehead atoms. The van der Waals surface area contributed by atoms with Crippen LogP contribution in [0, 0.1) is 6.92 Å². The van der Waals surface area contributed by atoms with Gasteiger partial charge in [0.05, 0.1) is 18.2 Å². The lowest BCUT2D eigenvalue weighted by atomic mass is 10.3. The molecule has 20 heavy (non-hydrogen) atoms. The maximum Gasteiger partial charge on any atom is 0.225 e. The van der Waals surface area contributed by atoms with Gasteiger partial charge in [-0.1, -0.05) is 0 Å². The molecule has 0 aliphatic carbocycles. The lowest BCUT2D eigenvalue weighted by Crippen LogP contribution is -2.18. The van der Waals surface area contributed by atoms with Crippen molar-refractivity contribution in [2.45, 2.75) is 13.5 Å². The lowest BCUT2D eigenvalue weighted by Gasteiger charge is -2.18. The molecule has 3 rings (SSSR count). The number of hydrogen-bond donors (Lipinski definition) is 1. The average Bonchev–Trinajstić information content (AvgIpc) is 3.05. The third-order valence-corrected chi connectivity index (χ3v) is 4.00. The highest BCUT2D eigenvalue weighted by Crippen LogP contribution is 2.31. The molecule has 0 aromatic carbocycles. The van der Waals surface area contributed by atoms with Gasteiger partial charge in [0.15, 0.2) is 0 Å². The van der Waals surface area contributed by atoms with Gasteiger partial charge in [0.1, 0.15) is 16.4 Å². The lowest BCUT2D eigenvalue weighted by molar-refractivity contribution is 0.507. The monoisotopic (exact) mass is 288 g/mol. The van der Waals surface area contributed by atoms with E-state index in [0.29, 0.717) is 12.5 Å². The zero-order valence-corrected chi connectivity index (χ0v) is 12.5. The number of nitrogens with one attached hydrogen (secondary N) is 1.